The Kier molecular flexibility index (Phi) is 8.28. The Morgan fingerprint density at radius 3 is 2.69 bits per heavy atom. The van der Waals surface area contributed by atoms with Crippen LogP contribution in [-0.4, -0.2) is 53.0 Å². The van der Waals surface area contributed by atoms with Gasteiger partial charge in [-0.05, 0) is 36.5 Å². The maximum absolute atomic E-state index is 12.9. The summed E-state index contributed by atoms with van der Waals surface area (Å²) in [7, 11) is 1.67. The van der Waals surface area contributed by atoms with E-state index in [4.69, 9.17) is 10.5 Å². The molecule has 1 saturated heterocycles. The third-order valence-corrected chi connectivity index (χ3v) is 6.52. The van der Waals surface area contributed by atoms with Crippen molar-refractivity contribution in [2.24, 2.45) is 5.73 Å². The summed E-state index contributed by atoms with van der Waals surface area (Å²) in [6, 6.07) is 17.9. The number of likely N-dealkylation sites (tertiary alicyclic amines) is 1. The number of hydrogen-bond acceptors (Lipinski definition) is 6. The molecular weight excluding hydrogens is 454 g/mol. The van der Waals surface area contributed by atoms with Gasteiger partial charge in [-0.25, -0.2) is 9.97 Å². The van der Waals surface area contributed by atoms with Crippen LogP contribution in [0.3, 0.4) is 0 Å². The normalized spacial score (nSPS) is 16.1. The largest absolute Gasteiger partial charge is 0.383 e. The maximum atomic E-state index is 12.9. The molecule has 8 nitrogen and oxygen atoms in total. The van der Waals surface area contributed by atoms with Crippen LogP contribution in [0.5, 0.6) is 0 Å². The monoisotopic (exact) mass is 487 g/mol. The third-order valence-electron chi connectivity index (χ3n) is 6.52. The van der Waals surface area contributed by atoms with Crippen LogP contribution >= 0.6 is 0 Å². The van der Waals surface area contributed by atoms with E-state index in [2.05, 4.69) is 15.3 Å². The summed E-state index contributed by atoms with van der Waals surface area (Å²) in [6.45, 7) is 3.35. The lowest BCUT2D eigenvalue weighted by atomic mass is 10.0. The Morgan fingerprint density at radius 2 is 1.94 bits per heavy atom. The zero-order valence-corrected chi connectivity index (χ0v) is 20.8. The van der Waals surface area contributed by atoms with Crippen LogP contribution in [0, 0.1) is 0 Å². The first-order valence-corrected chi connectivity index (χ1v) is 12.3. The van der Waals surface area contributed by atoms with E-state index in [0.29, 0.717) is 31.1 Å². The fraction of sp³-hybridized carbons (Fsp3) is 0.357. The molecule has 1 aromatic heterocycles. The first-order chi connectivity index (χ1) is 17.4. The Balaban J connectivity index is 1.48. The van der Waals surface area contributed by atoms with E-state index < -0.39 is 5.91 Å². The van der Waals surface area contributed by atoms with Crippen LogP contribution in [0.2, 0.25) is 0 Å². The molecule has 188 valence electrons. The molecule has 2 aromatic carbocycles. The number of nitrogens with two attached hydrogens (primary N) is 1. The van der Waals surface area contributed by atoms with E-state index in [1.54, 1.807) is 7.11 Å². The Hall–Kier alpha value is -3.78. The van der Waals surface area contributed by atoms with Gasteiger partial charge in [-0.2, -0.15) is 0 Å². The van der Waals surface area contributed by atoms with E-state index in [1.807, 2.05) is 66.4 Å². The fourth-order valence-electron chi connectivity index (χ4n) is 4.66. The van der Waals surface area contributed by atoms with Crippen LogP contribution in [0.25, 0.3) is 0 Å². The SMILES string of the molecule is COC[C@H]1CCCN1C(=O)Cc1cccc(Cc2ncc(C(N)=O)c(N[C@H](C)c3ccccc3)n2)c1. The van der Waals surface area contributed by atoms with Gasteiger partial charge in [0.25, 0.3) is 5.91 Å². The lowest BCUT2D eigenvalue weighted by molar-refractivity contribution is -0.132. The highest BCUT2D eigenvalue weighted by molar-refractivity contribution is 5.97. The van der Waals surface area contributed by atoms with E-state index in [1.165, 1.54) is 6.20 Å². The molecule has 0 unspecified atom stereocenters. The van der Waals surface area contributed by atoms with Crippen molar-refractivity contribution in [1.82, 2.24) is 14.9 Å². The van der Waals surface area contributed by atoms with Gasteiger partial charge in [0.2, 0.25) is 5.91 Å². The summed E-state index contributed by atoms with van der Waals surface area (Å²) in [5.41, 5.74) is 8.83. The molecule has 4 rings (SSSR count). The van der Waals surface area contributed by atoms with Crippen LogP contribution in [0.4, 0.5) is 5.82 Å². The highest BCUT2D eigenvalue weighted by Gasteiger charge is 2.28. The molecular formula is C28H33N5O3. The van der Waals surface area contributed by atoms with Crippen molar-refractivity contribution in [3.63, 3.8) is 0 Å². The maximum Gasteiger partial charge on any atom is 0.254 e. The molecule has 3 aromatic rings. The number of ether oxygens (including phenoxy) is 1. The summed E-state index contributed by atoms with van der Waals surface area (Å²) >= 11 is 0. The molecule has 0 spiro atoms. The molecule has 36 heavy (non-hydrogen) atoms. The van der Waals surface area contributed by atoms with E-state index in [9.17, 15) is 9.59 Å². The number of nitrogens with one attached hydrogen (secondary N) is 1. The van der Waals surface area contributed by atoms with Crippen molar-refractivity contribution in [1.29, 1.82) is 0 Å². The molecule has 0 saturated carbocycles. The molecule has 2 atom stereocenters. The summed E-state index contributed by atoms with van der Waals surface area (Å²) < 4.78 is 5.28. The number of aromatic nitrogens is 2. The van der Waals surface area contributed by atoms with Crippen molar-refractivity contribution in [2.75, 3.05) is 25.6 Å². The van der Waals surface area contributed by atoms with Gasteiger partial charge in [0.05, 0.1) is 24.6 Å². The Labute approximate surface area is 211 Å². The minimum Gasteiger partial charge on any atom is -0.383 e. The van der Waals surface area contributed by atoms with E-state index >= 15 is 0 Å². The van der Waals surface area contributed by atoms with Crippen molar-refractivity contribution in [3.05, 3.63) is 88.9 Å². The van der Waals surface area contributed by atoms with Crippen LogP contribution in [-0.2, 0) is 22.4 Å². The van der Waals surface area contributed by atoms with E-state index in [0.717, 1.165) is 36.1 Å². The van der Waals surface area contributed by atoms with Gasteiger partial charge >= 0.3 is 0 Å². The van der Waals surface area contributed by atoms with Crippen LogP contribution in [0.15, 0.2) is 60.8 Å². The second-order valence-corrected chi connectivity index (χ2v) is 9.20. The van der Waals surface area contributed by atoms with Gasteiger partial charge in [0.1, 0.15) is 11.6 Å². The lowest BCUT2D eigenvalue weighted by Crippen LogP contribution is -2.39. The number of amides is 2. The van der Waals surface area contributed by atoms with Crippen molar-refractivity contribution >= 4 is 17.6 Å². The fourth-order valence-corrected chi connectivity index (χ4v) is 4.66. The van der Waals surface area contributed by atoms with Gasteiger partial charge in [-0.1, -0.05) is 54.6 Å². The quantitative estimate of drug-likeness (QED) is 0.453. The van der Waals surface area contributed by atoms with Crippen molar-refractivity contribution in [3.8, 4) is 0 Å². The van der Waals surface area contributed by atoms with Crippen LogP contribution in [0.1, 0.15) is 58.7 Å². The summed E-state index contributed by atoms with van der Waals surface area (Å²) in [5.74, 6) is 0.507. The molecule has 1 aliphatic rings. The second kappa shape index (κ2) is 11.8. The predicted molar refractivity (Wildman–Crippen MR) is 139 cm³/mol. The summed E-state index contributed by atoms with van der Waals surface area (Å²) in [5, 5.41) is 3.31. The molecule has 1 fully saturated rings. The van der Waals surface area contributed by atoms with Crippen molar-refractivity contribution < 1.29 is 14.3 Å². The topological polar surface area (TPSA) is 110 Å². The first-order valence-electron chi connectivity index (χ1n) is 12.3. The molecule has 1 aliphatic heterocycles. The number of carbonyl (C=O) groups excluding carboxylic acids is 2. The molecule has 0 aliphatic carbocycles. The zero-order valence-electron chi connectivity index (χ0n) is 20.8. The number of anilines is 1. The number of benzene rings is 2. The number of carbonyl (C=O) groups is 2. The molecule has 3 N–H and O–H groups in total. The predicted octanol–water partition coefficient (Wildman–Crippen LogP) is 3.52. The number of primary amides is 1. The van der Waals surface area contributed by atoms with Crippen LogP contribution < -0.4 is 11.1 Å². The lowest BCUT2D eigenvalue weighted by Gasteiger charge is -2.24. The minimum absolute atomic E-state index is 0.0751. The Morgan fingerprint density at radius 1 is 1.17 bits per heavy atom. The number of rotatable bonds is 10. The number of hydrogen-bond donors (Lipinski definition) is 2. The molecule has 2 heterocycles. The highest BCUT2D eigenvalue weighted by Crippen LogP contribution is 2.22. The van der Waals surface area contributed by atoms with Crippen molar-refractivity contribution in [2.45, 2.75) is 44.7 Å². The second-order valence-electron chi connectivity index (χ2n) is 9.20. The number of methoxy groups -OCH3 is 1. The summed E-state index contributed by atoms with van der Waals surface area (Å²) in [4.78, 5) is 35.9. The Bertz CT molecular complexity index is 1200. The molecule has 0 bridgehead atoms. The standard InChI is InChI=1S/C28H33N5O3/c1-19(22-10-4-3-5-11-22)31-28-24(27(29)35)17-30-25(32-28)15-20-8-6-9-21(14-20)16-26(34)33-13-7-12-23(33)18-36-2/h3-6,8-11,14,17,19,23H,7,12-13,15-16,18H2,1-2H3,(H2,29,35)(H,30,31,32)/t19-,23-/m1/s1. The average molecular weight is 488 g/mol. The highest BCUT2D eigenvalue weighted by atomic mass is 16.5. The molecule has 2 amide bonds. The smallest absolute Gasteiger partial charge is 0.254 e. The van der Waals surface area contributed by atoms with Gasteiger partial charge in [-0.15, -0.1) is 0 Å². The van der Waals surface area contributed by atoms with Gasteiger partial charge in [0, 0.05) is 32.3 Å². The van der Waals surface area contributed by atoms with Gasteiger partial charge < -0.3 is 20.7 Å². The van der Waals surface area contributed by atoms with Gasteiger partial charge in [-0.3, -0.25) is 9.59 Å². The van der Waals surface area contributed by atoms with E-state index in [-0.39, 0.29) is 23.6 Å². The minimum atomic E-state index is -0.585. The third kappa shape index (κ3) is 6.26. The average Bonchev–Trinajstić information content (AvgIpc) is 3.33. The zero-order chi connectivity index (χ0) is 25.5. The number of nitrogens with zero attached hydrogens (tertiary/aromatic N) is 3. The molecule has 0 radical (unpaired) electrons. The first kappa shape index (κ1) is 25.3. The molecule has 8 heteroatoms. The van der Waals surface area contributed by atoms with Gasteiger partial charge in [0.15, 0.2) is 0 Å². The summed E-state index contributed by atoms with van der Waals surface area (Å²) in [6.07, 6.45) is 4.28.